The Bertz CT molecular complexity index is 2310. The molecule has 0 amide bonds. The lowest BCUT2D eigenvalue weighted by atomic mass is 9.67. The topological polar surface area (TPSA) is 37.3 Å². The number of aliphatic imine (C=N–C) groups is 1. The molecule has 6 unspecified atom stereocenters. The van der Waals surface area contributed by atoms with Crippen LogP contribution in [0.25, 0.3) is 5.57 Å². The zero-order valence-electron chi connectivity index (χ0n) is 34.7. The Hall–Kier alpha value is -5.28. The molecule has 1 aromatic heterocycles. The number of pyridine rings is 1. The quantitative estimate of drug-likeness (QED) is 0.272. The normalized spacial score (nSPS) is 29.1. The van der Waals surface area contributed by atoms with E-state index >= 15 is 0 Å². The molecule has 1 N–H and O–H groups in total. The molecule has 6 atom stereocenters. The van der Waals surface area contributed by atoms with E-state index in [1.54, 1.807) is 5.57 Å². The Morgan fingerprint density at radius 2 is 1.55 bits per heavy atom. The average Bonchev–Trinajstić information content (AvgIpc) is 3.29. The fraction of sp³-hybridized carbons (Fsp3) is 0.345. The molecular weight excluding hydrogens is 703 g/mol. The summed E-state index contributed by atoms with van der Waals surface area (Å²) in [7, 11) is 0. The van der Waals surface area contributed by atoms with Crippen molar-refractivity contribution in [2.45, 2.75) is 96.4 Å². The highest BCUT2D eigenvalue weighted by atomic mass is 15.0. The summed E-state index contributed by atoms with van der Waals surface area (Å²) < 4.78 is 0. The highest BCUT2D eigenvalue weighted by Crippen LogP contribution is 2.49. The average molecular weight is 762 g/mol. The van der Waals surface area contributed by atoms with Crippen LogP contribution in [0.4, 0.5) is 0 Å². The Labute approximate surface area is 347 Å². The predicted molar refractivity (Wildman–Crippen MR) is 245 cm³/mol. The van der Waals surface area contributed by atoms with E-state index in [-0.39, 0.29) is 17.9 Å². The SMILES string of the molecule is CC1=CC(C2C=CC=CC2)N=C(C2=CC=CCC2C2=C(C3=CC=CC(c4cc(C5C=CC=CC5)cc(C5=CC=CCC5)n4)C3)C(C3=CCCC=C3)CC(C(C)C)=C2)N1. The molecule has 9 rings (SSSR count). The summed E-state index contributed by atoms with van der Waals surface area (Å²) in [6, 6.07) is 4.92. The maximum atomic E-state index is 5.50. The van der Waals surface area contributed by atoms with Gasteiger partial charge in [-0.15, -0.1) is 0 Å². The van der Waals surface area contributed by atoms with Crippen LogP contribution in [-0.4, -0.2) is 16.9 Å². The van der Waals surface area contributed by atoms with E-state index in [0.29, 0.717) is 23.7 Å². The van der Waals surface area contributed by atoms with Crippen molar-refractivity contribution in [1.29, 1.82) is 0 Å². The van der Waals surface area contributed by atoms with Gasteiger partial charge in [0.15, 0.2) is 0 Å². The molecule has 1 aliphatic heterocycles. The number of amidine groups is 1. The second-order valence-corrected chi connectivity index (χ2v) is 17.6. The van der Waals surface area contributed by atoms with Gasteiger partial charge in [0.2, 0.25) is 0 Å². The zero-order chi connectivity index (χ0) is 39.4. The van der Waals surface area contributed by atoms with Crippen molar-refractivity contribution in [1.82, 2.24) is 10.3 Å². The van der Waals surface area contributed by atoms with Crippen LogP contribution in [-0.2, 0) is 0 Å². The molecule has 58 heavy (non-hydrogen) atoms. The smallest absolute Gasteiger partial charge is 0.129 e. The van der Waals surface area contributed by atoms with Crippen LogP contribution in [0.3, 0.4) is 0 Å². The first kappa shape index (κ1) is 38.2. The lowest BCUT2D eigenvalue weighted by Crippen LogP contribution is -2.36. The lowest BCUT2D eigenvalue weighted by molar-refractivity contribution is 0.566. The van der Waals surface area contributed by atoms with E-state index in [1.807, 2.05) is 0 Å². The van der Waals surface area contributed by atoms with Gasteiger partial charge < -0.3 is 5.32 Å². The Morgan fingerprint density at radius 1 is 0.724 bits per heavy atom. The monoisotopic (exact) mass is 761 g/mol. The van der Waals surface area contributed by atoms with Crippen molar-refractivity contribution in [3.8, 4) is 0 Å². The first-order valence-corrected chi connectivity index (χ1v) is 22.1. The molecule has 294 valence electrons. The molecule has 7 aliphatic carbocycles. The Morgan fingerprint density at radius 3 is 2.33 bits per heavy atom. The number of hydrogen-bond acceptors (Lipinski definition) is 3. The summed E-state index contributed by atoms with van der Waals surface area (Å²) in [5, 5.41) is 3.77. The minimum absolute atomic E-state index is 0.123. The van der Waals surface area contributed by atoms with Gasteiger partial charge in [-0.25, -0.2) is 0 Å². The van der Waals surface area contributed by atoms with E-state index < -0.39 is 0 Å². The molecular formula is C55H59N3. The van der Waals surface area contributed by atoms with E-state index in [2.05, 4.69) is 172 Å². The molecule has 0 saturated carbocycles. The molecule has 1 aromatic rings. The third-order valence-electron chi connectivity index (χ3n) is 13.3. The molecule has 0 spiro atoms. The predicted octanol–water partition coefficient (Wildman–Crippen LogP) is 13.5. The van der Waals surface area contributed by atoms with E-state index in [1.165, 1.54) is 50.4 Å². The summed E-state index contributed by atoms with van der Waals surface area (Å²) in [5.41, 5.74) is 15.1. The van der Waals surface area contributed by atoms with Crippen LogP contribution in [0.2, 0.25) is 0 Å². The van der Waals surface area contributed by atoms with Gasteiger partial charge in [0.1, 0.15) is 5.84 Å². The number of nitrogens with one attached hydrogen (secondary N) is 1. The standard InChI is InChI=1S/C55H59N3/c1-37(2)45-33-49(40-21-10-5-11-22-40)54(50(34-45)47-29-16-17-30-48(47)55-56-38(3)31-51(58-55)41-23-12-6-13-24-41)44-28-18-27-43(32-44)53-36-46(39-19-8-4-9-20-39)35-52(57-53)42-25-14-7-15-26-42/h4,6-10,12-14,16-19,21-23,25,27-28,30-31,34-37,39,41,43,47,49,51H,5,11,15,20,24,26,29,32-33H2,1-3H3,(H,56,58). The Kier molecular flexibility index (Phi) is 11.4. The first-order chi connectivity index (χ1) is 28.5. The molecule has 0 fully saturated rings. The third-order valence-corrected chi connectivity index (χ3v) is 13.3. The minimum Gasteiger partial charge on any atom is -0.344 e. The second-order valence-electron chi connectivity index (χ2n) is 17.6. The molecule has 0 aromatic carbocycles. The van der Waals surface area contributed by atoms with Gasteiger partial charge in [-0.3, -0.25) is 9.98 Å². The van der Waals surface area contributed by atoms with E-state index in [9.17, 15) is 0 Å². The lowest BCUT2D eigenvalue weighted by Gasteiger charge is -2.38. The van der Waals surface area contributed by atoms with Gasteiger partial charge in [0.05, 0.1) is 11.7 Å². The summed E-state index contributed by atoms with van der Waals surface area (Å²) in [6.45, 7) is 6.97. The summed E-state index contributed by atoms with van der Waals surface area (Å²) in [4.78, 5) is 11.0. The van der Waals surface area contributed by atoms with Crippen LogP contribution in [0, 0.1) is 23.7 Å². The highest BCUT2D eigenvalue weighted by molar-refractivity contribution is 6.01. The van der Waals surface area contributed by atoms with Crippen molar-refractivity contribution in [2.24, 2.45) is 28.7 Å². The second kappa shape index (κ2) is 17.3. The van der Waals surface area contributed by atoms with Crippen molar-refractivity contribution < 1.29 is 0 Å². The van der Waals surface area contributed by atoms with Gasteiger partial charge in [-0.1, -0.05) is 147 Å². The summed E-state index contributed by atoms with van der Waals surface area (Å²) in [6.07, 6.45) is 60.7. The molecule has 8 aliphatic rings. The fourth-order valence-corrected chi connectivity index (χ4v) is 10.1. The maximum Gasteiger partial charge on any atom is 0.129 e. The summed E-state index contributed by atoms with van der Waals surface area (Å²) in [5.74, 6) is 2.95. The van der Waals surface area contributed by atoms with Gasteiger partial charge in [-0.05, 0) is 122 Å². The largest absolute Gasteiger partial charge is 0.344 e. The van der Waals surface area contributed by atoms with Crippen molar-refractivity contribution in [2.75, 3.05) is 0 Å². The fourth-order valence-electron chi connectivity index (χ4n) is 10.1. The van der Waals surface area contributed by atoms with Gasteiger partial charge in [0.25, 0.3) is 0 Å². The van der Waals surface area contributed by atoms with E-state index in [4.69, 9.17) is 9.98 Å². The highest BCUT2D eigenvalue weighted by Gasteiger charge is 2.36. The Balaban J connectivity index is 1.14. The minimum atomic E-state index is 0.123. The first-order valence-electron chi connectivity index (χ1n) is 22.1. The van der Waals surface area contributed by atoms with Crippen LogP contribution in [0.1, 0.15) is 107 Å². The van der Waals surface area contributed by atoms with Crippen LogP contribution < -0.4 is 5.32 Å². The van der Waals surface area contributed by atoms with Crippen LogP contribution in [0.5, 0.6) is 0 Å². The molecule has 3 nitrogen and oxygen atoms in total. The zero-order valence-corrected chi connectivity index (χ0v) is 34.7. The number of rotatable bonds is 9. The molecule has 2 heterocycles. The van der Waals surface area contributed by atoms with Crippen molar-refractivity contribution in [3.63, 3.8) is 0 Å². The number of aromatic nitrogens is 1. The number of allylic oxidation sites excluding steroid dienone is 27. The van der Waals surface area contributed by atoms with Gasteiger partial charge >= 0.3 is 0 Å². The van der Waals surface area contributed by atoms with Gasteiger partial charge in [-0.2, -0.15) is 0 Å². The van der Waals surface area contributed by atoms with Crippen LogP contribution >= 0.6 is 0 Å². The molecule has 0 saturated heterocycles. The third kappa shape index (κ3) is 8.19. The molecule has 0 bridgehead atoms. The number of hydrogen-bond donors (Lipinski definition) is 1. The van der Waals surface area contributed by atoms with E-state index in [0.717, 1.165) is 69.3 Å². The molecule has 0 radical (unpaired) electrons. The van der Waals surface area contributed by atoms with Gasteiger partial charge in [0, 0.05) is 46.6 Å². The number of nitrogens with zero attached hydrogens (tertiary/aromatic N) is 2. The van der Waals surface area contributed by atoms with Crippen molar-refractivity contribution >= 4 is 11.4 Å². The van der Waals surface area contributed by atoms with Crippen molar-refractivity contribution in [3.05, 3.63) is 202 Å². The summed E-state index contributed by atoms with van der Waals surface area (Å²) >= 11 is 0. The maximum absolute atomic E-state index is 5.50. The van der Waals surface area contributed by atoms with Crippen LogP contribution in [0.15, 0.2) is 190 Å². The molecule has 3 heteroatoms.